The van der Waals surface area contributed by atoms with Gasteiger partial charge in [-0.15, -0.1) is 0 Å². The maximum absolute atomic E-state index is 13.0. The molecule has 6 nitrogen and oxygen atoms in total. The zero-order chi connectivity index (χ0) is 22.8. The highest BCUT2D eigenvalue weighted by atomic mass is 35.5. The molecule has 0 aliphatic carbocycles. The Labute approximate surface area is 195 Å². The van der Waals surface area contributed by atoms with E-state index in [4.69, 9.17) is 39.5 Å². The lowest BCUT2D eigenvalue weighted by molar-refractivity contribution is 0.102. The van der Waals surface area contributed by atoms with Crippen molar-refractivity contribution < 1.29 is 17.9 Å². The molecule has 0 radical (unpaired) electrons. The van der Waals surface area contributed by atoms with E-state index in [-0.39, 0.29) is 31.2 Å². The molecule has 1 N–H and O–H groups in total. The maximum atomic E-state index is 13.0. The van der Waals surface area contributed by atoms with Crippen molar-refractivity contribution in [3.05, 3.63) is 81.3 Å². The van der Waals surface area contributed by atoms with E-state index in [1.165, 1.54) is 50.6 Å². The summed E-state index contributed by atoms with van der Waals surface area (Å²) in [5.74, 6) is -0.0644. The van der Waals surface area contributed by atoms with Gasteiger partial charge in [0, 0.05) is 12.6 Å². The molecule has 1 amide bonds. The van der Waals surface area contributed by atoms with Crippen LogP contribution in [-0.2, 0) is 10.0 Å². The Morgan fingerprint density at radius 3 is 2.19 bits per heavy atom. The second-order valence-electron chi connectivity index (χ2n) is 6.37. The summed E-state index contributed by atoms with van der Waals surface area (Å²) < 4.78 is 32.4. The van der Waals surface area contributed by atoms with Crippen LogP contribution in [0.1, 0.15) is 10.4 Å². The van der Waals surface area contributed by atoms with Gasteiger partial charge in [0.05, 0.1) is 38.4 Å². The third kappa shape index (κ3) is 4.91. The number of carbonyl (C=O) groups excluding carboxylic acids is 1. The molecule has 0 unspecified atom stereocenters. The third-order valence-corrected chi connectivity index (χ3v) is 7.28. The lowest BCUT2D eigenvalue weighted by Crippen LogP contribution is -2.27. The number of para-hydroxylation sites is 2. The van der Waals surface area contributed by atoms with Gasteiger partial charge in [0.1, 0.15) is 5.75 Å². The van der Waals surface area contributed by atoms with Crippen LogP contribution in [0, 0.1) is 0 Å². The molecule has 31 heavy (non-hydrogen) atoms. The van der Waals surface area contributed by atoms with Crippen molar-refractivity contribution in [3.8, 4) is 5.75 Å². The van der Waals surface area contributed by atoms with E-state index in [1.807, 2.05) is 0 Å². The molecule has 3 aromatic rings. The normalized spacial score (nSPS) is 11.1. The minimum absolute atomic E-state index is 0.0185. The Balaban J connectivity index is 1.83. The van der Waals surface area contributed by atoms with Gasteiger partial charge in [-0.25, -0.2) is 8.42 Å². The molecule has 0 aromatic heterocycles. The van der Waals surface area contributed by atoms with E-state index >= 15 is 0 Å². The topological polar surface area (TPSA) is 75.7 Å². The number of rotatable bonds is 6. The molecule has 0 saturated carbocycles. The Kier molecular flexibility index (Phi) is 7.01. The van der Waals surface area contributed by atoms with Crippen molar-refractivity contribution in [2.24, 2.45) is 0 Å². The minimum Gasteiger partial charge on any atom is -0.495 e. The van der Waals surface area contributed by atoms with Crippen molar-refractivity contribution in [1.29, 1.82) is 0 Å². The molecule has 0 fully saturated rings. The van der Waals surface area contributed by atoms with Gasteiger partial charge in [-0.1, -0.05) is 46.9 Å². The number of benzene rings is 3. The van der Waals surface area contributed by atoms with Crippen molar-refractivity contribution in [3.63, 3.8) is 0 Å². The number of ether oxygens (including phenoxy) is 1. The highest BCUT2D eigenvalue weighted by Gasteiger charge is 2.24. The first-order chi connectivity index (χ1) is 14.6. The van der Waals surface area contributed by atoms with E-state index in [0.29, 0.717) is 11.4 Å². The Hall–Kier alpha value is -2.45. The average molecular weight is 500 g/mol. The van der Waals surface area contributed by atoms with Gasteiger partial charge < -0.3 is 10.1 Å². The van der Waals surface area contributed by atoms with E-state index < -0.39 is 15.9 Å². The summed E-state index contributed by atoms with van der Waals surface area (Å²) in [6, 6.07) is 15.1. The van der Waals surface area contributed by atoms with Crippen LogP contribution in [0.3, 0.4) is 0 Å². The molecule has 0 atom stereocenters. The lowest BCUT2D eigenvalue weighted by Gasteiger charge is -2.21. The first-order valence-electron chi connectivity index (χ1n) is 8.83. The number of nitrogens with one attached hydrogen (secondary N) is 1. The van der Waals surface area contributed by atoms with Crippen molar-refractivity contribution in [2.75, 3.05) is 23.8 Å². The third-order valence-electron chi connectivity index (χ3n) is 4.46. The number of methoxy groups -OCH3 is 1. The van der Waals surface area contributed by atoms with Crippen LogP contribution >= 0.6 is 34.8 Å². The van der Waals surface area contributed by atoms with Crippen LogP contribution in [0.15, 0.2) is 65.6 Å². The van der Waals surface area contributed by atoms with Crippen LogP contribution in [0.4, 0.5) is 11.4 Å². The molecule has 10 heteroatoms. The fourth-order valence-corrected chi connectivity index (χ4v) is 4.57. The van der Waals surface area contributed by atoms with Gasteiger partial charge in [0.25, 0.3) is 15.9 Å². The van der Waals surface area contributed by atoms with Crippen LogP contribution in [0.2, 0.25) is 15.1 Å². The molecule has 0 spiro atoms. The minimum atomic E-state index is -3.87. The summed E-state index contributed by atoms with van der Waals surface area (Å²) in [5, 5.41) is 3.35. The standard InChI is InChI=1S/C21H17Cl3N2O4S/c1-26(19-5-3-4-6-20(19)30-2)31(28,29)14-9-7-13(8-10-14)21(27)25-18-12-16(23)15(22)11-17(18)24/h3-12H,1-2H3,(H,25,27). The van der Waals surface area contributed by atoms with Crippen LogP contribution in [0.5, 0.6) is 5.75 Å². The number of hydrogen-bond acceptors (Lipinski definition) is 4. The Morgan fingerprint density at radius 2 is 1.55 bits per heavy atom. The molecule has 0 aliphatic rings. The van der Waals surface area contributed by atoms with Gasteiger partial charge in [-0.05, 0) is 48.5 Å². The van der Waals surface area contributed by atoms with E-state index in [0.717, 1.165) is 4.31 Å². The van der Waals surface area contributed by atoms with Crippen LogP contribution in [0.25, 0.3) is 0 Å². The van der Waals surface area contributed by atoms with Crippen molar-refractivity contribution >= 4 is 62.1 Å². The number of sulfonamides is 1. The summed E-state index contributed by atoms with van der Waals surface area (Å²) in [4.78, 5) is 12.6. The predicted octanol–water partition coefficient (Wildman–Crippen LogP) is 5.73. The summed E-state index contributed by atoms with van der Waals surface area (Å²) in [6.45, 7) is 0. The predicted molar refractivity (Wildman–Crippen MR) is 124 cm³/mol. The number of hydrogen-bond donors (Lipinski definition) is 1. The van der Waals surface area contributed by atoms with Crippen LogP contribution in [-0.4, -0.2) is 28.5 Å². The van der Waals surface area contributed by atoms with Crippen LogP contribution < -0.4 is 14.4 Å². The maximum Gasteiger partial charge on any atom is 0.264 e. The summed E-state index contributed by atoms with van der Waals surface area (Å²) in [7, 11) is -0.979. The molecule has 0 bridgehead atoms. The largest absolute Gasteiger partial charge is 0.495 e. The zero-order valence-corrected chi connectivity index (χ0v) is 19.5. The van der Waals surface area contributed by atoms with E-state index in [9.17, 15) is 13.2 Å². The van der Waals surface area contributed by atoms with Gasteiger partial charge in [-0.2, -0.15) is 0 Å². The molecule has 3 aromatic carbocycles. The number of anilines is 2. The molecular formula is C21H17Cl3N2O4S. The van der Waals surface area contributed by atoms with Gasteiger partial charge in [0.2, 0.25) is 0 Å². The Morgan fingerprint density at radius 1 is 0.935 bits per heavy atom. The van der Waals surface area contributed by atoms with Gasteiger partial charge >= 0.3 is 0 Å². The summed E-state index contributed by atoms with van der Waals surface area (Å²) in [5.41, 5.74) is 0.913. The van der Waals surface area contributed by atoms with E-state index in [2.05, 4.69) is 5.32 Å². The molecule has 0 saturated heterocycles. The van der Waals surface area contributed by atoms with Crippen molar-refractivity contribution in [2.45, 2.75) is 4.90 Å². The number of nitrogens with zero attached hydrogens (tertiary/aromatic N) is 1. The summed E-state index contributed by atoms with van der Waals surface area (Å²) >= 11 is 17.9. The molecule has 3 rings (SSSR count). The van der Waals surface area contributed by atoms with Gasteiger partial charge in [0.15, 0.2) is 0 Å². The second-order valence-corrected chi connectivity index (χ2v) is 9.56. The number of carbonyl (C=O) groups is 1. The lowest BCUT2D eigenvalue weighted by atomic mass is 10.2. The second kappa shape index (κ2) is 9.36. The monoisotopic (exact) mass is 498 g/mol. The first-order valence-corrected chi connectivity index (χ1v) is 11.4. The zero-order valence-electron chi connectivity index (χ0n) is 16.4. The SMILES string of the molecule is COc1ccccc1N(C)S(=O)(=O)c1ccc(C(=O)Nc2cc(Cl)c(Cl)cc2Cl)cc1. The quantitative estimate of drug-likeness (QED) is 0.439. The average Bonchev–Trinajstić information content (AvgIpc) is 2.76. The molecule has 162 valence electrons. The Bertz CT molecular complexity index is 1230. The highest BCUT2D eigenvalue weighted by molar-refractivity contribution is 7.92. The fourth-order valence-electron chi connectivity index (χ4n) is 2.77. The fraction of sp³-hybridized carbons (Fsp3) is 0.0952. The first kappa shape index (κ1) is 23.2. The van der Waals surface area contributed by atoms with E-state index in [1.54, 1.807) is 24.3 Å². The van der Waals surface area contributed by atoms with Crippen molar-refractivity contribution in [1.82, 2.24) is 0 Å². The highest BCUT2D eigenvalue weighted by Crippen LogP contribution is 2.33. The molecule has 0 heterocycles. The van der Waals surface area contributed by atoms with Gasteiger partial charge in [-0.3, -0.25) is 9.10 Å². The molecular weight excluding hydrogens is 483 g/mol. The summed E-state index contributed by atoms with van der Waals surface area (Å²) in [6.07, 6.45) is 0. The molecule has 0 aliphatic heterocycles. The number of amides is 1. The number of halogens is 3. The smallest absolute Gasteiger partial charge is 0.264 e.